The Morgan fingerprint density at radius 3 is 2.59 bits per heavy atom. The maximum Gasteiger partial charge on any atom is 0.418 e. The van der Waals surface area contributed by atoms with E-state index >= 15 is 0 Å². The molecule has 1 nitrogen and oxygen atoms in total. The number of H-pyrrole nitrogens is 1. The number of halogens is 3. The lowest BCUT2D eigenvalue weighted by Crippen LogP contribution is -2.05. The number of aromatic nitrogens is 1. The van der Waals surface area contributed by atoms with Crippen LogP contribution in [0.4, 0.5) is 13.2 Å². The van der Waals surface area contributed by atoms with E-state index in [1.807, 2.05) is 13.8 Å². The molecule has 1 N–H and O–H groups in total. The average molecular weight is 241 g/mol. The standard InChI is InChI=1S/C13H14F3N/c1-3-8(2)10-7-17-12-9(10)5-4-6-11(12)13(14,15)16/h4-8,17H,3H2,1-2H3. The van der Waals surface area contributed by atoms with Crippen LogP contribution in [0.25, 0.3) is 10.9 Å². The molecule has 1 aromatic carbocycles. The van der Waals surface area contributed by atoms with E-state index in [9.17, 15) is 13.2 Å². The van der Waals surface area contributed by atoms with Crippen LogP contribution >= 0.6 is 0 Å². The summed E-state index contributed by atoms with van der Waals surface area (Å²) in [5.41, 5.74) is 0.549. The number of rotatable bonds is 2. The van der Waals surface area contributed by atoms with Crippen molar-refractivity contribution >= 4 is 10.9 Å². The molecule has 0 spiro atoms. The van der Waals surface area contributed by atoms with Gasteiger partial charge in [-0.1, -0.05) is 26.0 Å². The van der Waals surface area contributed by atoms with E-state index in [4.69, 9.17) is 0 Å². The van der Waals surface area contributed by atoms with Crippen molar-refractivity contribution in [2.75, 3.05) is 0 Å². The second-order valence-electron chi connectivity index (χ2n) is 4.28. The maximum atomic E-state index is 12.8. The predicted molar refractivity (Wildman–Crippen MR) is 62.0 cm³/mol. The molecule has 0 saturated carbocycles. The highest BCUT2D eigenvalue weighted by Gasteiger charge is 2.33. The van der Waals surface area contributed by atoms with Crippen molar-refractivity contribution < 1.29 is 13.2 Å². The van der Waals surface area contributed by atoms with Crippen molar-refractivity contribution in [3.8, 4) is 0 Å². The van der Waals surface area contributed by atoms with E-state index in [0.29, 0.717) is 5.39 Å². The molecule has 0 bridgehead atoms. The zero-order chi connectivity index (χ0) is 12.6. The lowest BCUT2D eigenvalue weighted by molar-refractivity contribution is -0.136. The molecule has 1 atom stereocenters. The number of benzene rings is 1. The molecule has 0 radical (unpaired) electrons. The summed E-state index contributed by atoms with van der Waals surface area (Å²) in [5, 5.41) is 0.675. The van der Waals surface area contributed by atoms with Crippen LogP contribution in [0.2, 0.25) is 0 Å². The van der Waals surface area contributed by atoms with E-state index in [-0.39, 0.29) is 11.4 Å². The van der Waals surface area contributed by atoms with Crippen LogP contribution in [-0.4, -0.2) is 4.98 Å². The van der Waals surface area contributed by atoms with Gasteiger partial charge in [0.25, 0.3) is 0 Å². The Labute approximate surface area is 97.6 Å². The molecule has 0 fully saturated rings. The first-order chi connectivity index (χ1) is 7.95. The highest BCUT2D eigenvalue weighted by molar-refractivity contribution is 5.86. The largest absolute Gasteiger partial charge is 0.418 e. The van der Waals surface area contributed by atoms with E-state index < -0.39 is 11.7 Å². The number of fused-ring (bicyclic) bond motifs is 1. The van der Waals surface area contributed by atoms with Crippen LogP contribution < -0.4 is 0 Å². The van der Waals surface area contributed by atoms with Gasteiger partial charge in [0.05, 0.1) is 11.1 Å². The molecule has 2 rings (SSSR count). The van der Waals surface area contributed by atoms with Gasteiger partial charge in [0.2, 0.25) is 0 Å². The Morgan fingerprint density at radius 1 is 1.29 bits per heavy atom. The SMILES string of the molecule is CCC(C)c1c[nH]c2c(C(F)(F)F)cccc12. The molecule has 2 aromatic rings. The van der Waals surface area contributed by atoms with Crippen LogP contribution in [0.5, 0.6) is 0 Å². The van der Waals surface area contributed by atoms with Gasteiger partial charge in [-0.2, -0.15) is 13.2 Å². The quantitative estimate of drug-likeness (QED) is 0.784. The van der Waals surface area contributed by atoms with Gasteiger partial charge >= 0.3 is 6.18 Å². The van der Waals surface area contributed by atoms with Crippen molar-refractivity contribution in [1.82, 2.24) is 4.98 Å². The van der Waals surface area contributed by atoms with Crippen LogP contribution in [-0.2, 0) is 6.18 Å². The van der Waals surface area contributed by atoms with Crippen LogP contribution in [0, 0.1) is 0 Å². The summed E-state index contributed by atoms with van der Waals surface area (Å²) >= 11 is 0. The molecule has 0 saturated heterocycles. The zero-order valence-electron chi connectivity index (χ0n) is 9.73. The summed E-state index contributed by atoms with van der Waals surface area (Å²) in [7, 11) is 0. The third-order valence-corrected chi connectivity index (χ3v) is 3.20. The molecule has 0 aliphatic rings. The van der Waals surface area contributed by atoms with Gasteiger partial charge in [-0.15, -0.1) is 0 Å². The fraction of sp³-hybridized carbons (Fsp3) is 0.385. The Bertz CT molecular complexity index is 525. The van der Waals surface area contributed by atoms with Crippen molar-refractivity contribution in [3.05, 3.63) is 35.5 Å². The maximum absolute atomic E-state index is 12.8. The summed E-state index contributed by atoms with van der Waals surface area (Å²) in [6.45, 7) is 4.04. The first kappa shape index (κ1) is 12.0. The third kappa shape index (κ3) is 2.04. The summed E-state index contributed by atoms with van der Waals surface area (Å²) in [5.74, 6) is 0.257. The Balaban J connectivity index is 2.65. The van der Waals surface area contributed by atoms with Crippen molar-refractivity contribution in [3.63, 3.8) is 0 Å². The first-order valence-electron chi connectivity index (χ1n) is 5.62. The van der Waals surface area contributed by atoms with Crippen molar-refractivity contribution in [2.24, 2.45) is 0 Å². The van der Waals surface area contributed by atoms with Gasteiger partial charge in [-0.3, -0.25) is 0 Å². The number of nitrogens with one attached hydrogen (secondary N) is 1. The molecule has 1 heterocycles. The minimum Gasteiger partial charge on any atom is -0.360 e. The Hall–Kier alpha value is -1.45. The molecule has 17 heavy (non-hydrogen) atoms. The molecule has 0 aliphatic heterocycles. The van der Waals surface area contributed by atoms with Crippen LogP contribution in [0.3, 0.4) is 0 Å². The summed E-state index contributed by atoms with van der Waals surface area (Å²) in [6, 6.07) is 4.31. The topological polar surface area (TPSA) is 15.8 Å². The second-order valence-corrected chi connectivity index (χ2v) is 4.28. The van der Waals surface area contributed by atoms with Crippen molar-refractivity contribution in [1.29, 1.82) is 0 Å². The molecule has 92 valence electrons. The Morgan fingerprint density at radius 2 is 2.00 bits per heavy atom. The highest BCUT2D eigenvalue weighted by atomic mass is 19.4. The molecular formula is C13H14F3N. The fourth-order valence-electron chi connectivity index (χ4n) is 2.04. The molecular weight excluding hydrogens is 227 g/mol. The number of aromatic amines is 1. The Kier molecular flexibility index (Phi) is 2.89. The average Bonchev–Trinajstić information content (AvgIpc) is 2.69. The number of hydrogen-bond acceptors (Lipinski definition) is 0. The number of para-hydroxylation sites is 1. The predicted octanol–water partition coefficient (Wildman–Crippen LogP) is 4.70. The molecule has 1 aromatic heterocycles. The summed E-state index contributed by atoms with van der Waals surface area (Å²) in [4.78, 5) is 2.76. The number of alkyl halides is 3. The first-order valence-corrected chi connectivity index (χ1v) is 5.62. The molecule has 1 unspecified atom stereocenters. The van der Waals surface area contributed by atoms with Gasteiger partial charge in [0.1, 0.15) is 0 Å². The number of hydrogen-bond donors (Lipinski definition) is 1. The fourth-order valence-corrected chi connectivity index (χ4v) is 2.04. The van der Waals surface area contributed by atoms with Gasteiger partial charge < -0.3 is 4.98 Å². The minimum absolute atomic E-state index is 0.190. The molecule has 0 amide bonds. The van der Waals surface area contributed by atoms with Crippen LogP contribution in [0.1, 0.15) is 37.3 Å². The lowest BCUT2D eigenvalue weighted by atomic mass is 9.97. The van der Waals surface area contributed by atoms with Gasteiger partial charge in [-0.25, -0.2) is 0 Å². The van der Waals surface area contributed by atoms with E-state index in [1.165, 1.54) is 6.07 Å². The minimum atomic E-state index is -4.31. The molecule has 0 aliphatic carbocycles. The summed E-state index contributed by atoms with van der Waals surface area (Å²) in [6.07, 6.45) is -1.71. The normalized spacial score (nSPS) is 14.2. The zero-order valence-corrected chi connectivity index (χ0v) is 9.73. The highest BCUT2D eigenvalue weighted by Crippen LogP contribution is 2.36. The van der Waals surface area contributed by atoms with E-state index in [1.54, 1.807) is 12.3 Å². The smallest absolute Gasteiger partial charge is 0.360 e. The monoisotopic (exact) mass is 241 g/mol. The lowest BCUT2D eigenvalue weighted by Gasteiger charge is -2.09. The van der Waals surface area contributed by atoms with Crippen LogP contribution in [0.15, 0.2) is 24.4 Å². The third-order valence-electron chi connectivity index (χ3n) is 3.20. The van der Waals surface area contributed by atoms with E-state index in [0.717, 1.165) is 18.1 Å². The molecule has 4 heteroatoms. The van der Waals surface area contributed by atoms with Crippen molar-refractivity contribution in [2.45, 2.75) is 32.4 Å². The van der Waals surface area contributed by atoms with Gasteiger partial charge in [0, 0.05) is 11.6 Å². The van der Waals surface area contributed by atoms with Gasteiger partial charge in [0.15, 0.2) is 0 Å². The second kappa shape index (κ2) is 4.09. The van der Waals surface area contributed by atoms with E-state index in [2.05, 4.69) is 4.98 Å². The van der Waals surface area contributed by atoms with Gasteiger partial charge in [-0.05, 0) is 24.0 Å². The summed E-state index contributed by atoms with van der Waals surface area (Å²) < 4.78 is 38.4.